The minimum atomic E-state index is -5.17. The average molecular weight is 386 g/mol. The lowest BCUT2D eigenvalue weighted by Gasteiger charge is -2.40. The predicted octanol–water partition coefficient (Wildman–Crippen LogP) is -0.679. The molecule has 0 saturated carbocycles. The fourth-order valence-corrected chi connectivity index (χ4v) is 2.07. The van der Waals surface area contributed by atoms with Crippen molar-refractivity contribution in [3.05, 3.63) is 0 Å². The van der Waals surface area contributed by atoms with E-state index in [1.54, 1.807) is 0 Å². The zero-order chi connectivity index (χ0) is 20.1. The Labute approximate surface area is 145 Å². The average Bonchev–Trinajstić information content (AvgIpc) is 2.46. The van der Waals surface area contributed by atoms with Crippen LogP contribution in [0.2, 0.25) is 0 Å². The standard InChI is InChI=1S/C13H17F3N2O8/c1-5(19)24-8-4-23-11(17-18-12(22)13(14,15)16)10(26-7(3)21)9(8)25-6(2)20/h8-11,17H,4H2,1-3H3,(H,18,22)/t8-,9+,10-,11-/m0/s1. The van der Waals surface area contributed by atoms with Gasteiger partial charge in [-0.3, -0.25) is 24.6 Å². The quantitative estimate of drug-likeness (QED) is 0.359. The van der Waals surface area contributed by atoms with Gasteiger partial charge in [-0.2, -0.15) is 13.2 Å². The number of esters is 3. The highest BCUT2D eigenvalue weighted by molar-refractivity contribution is 5.81. The lowest BCUT2D eigenvalue weighted by Crippen LogP contribution is -2.64. The Hall–Kier alpha value is -2.41. The van der Waals surface area contributed by atoms with E-state index in [-0.39, 0.29) is 0 Å². The van der Waals surface area contributed by atoms with Crippen molar-refractivity contribution in [2.75, 3.05) is 6.61 Å². The van der Waals surface area contributed by atoms with E-state index in [1.807, 2.05) is 5.43 Å². The van der Waals surface area contributed by atoms with Crippen LogP contribution in [0, 0.1) is 0 Å². The Balaban J connectivity index is 2.99. The third-order valence-electron chi connectivity index (χ3n) is 2.94. The van der Waals surface area contributed by atoms with Crippen LogP contribution in [0.4, 0.5) is 13.2 Å². The number of hydrogen-bond donors (Lipinski definition) is 2. The van der Waals surface area contributed by atoms with Gasteiger partial charge in [0.15, 0.2) is 24.5 Å². The molecular weight excluding hydrogens is 369 g/mol. The molecule has 1 heterocycles. The van der Waals surface area contributed by atoms with Gasteiger partial charge in [0.2, 0.25) is 0 Å². The lowest BCUT2D eigenvalue weighted by molar-refractivity contribution is -0.232. The van der Waals surface area contributed by atoms with E-state index in [0.29, 0.717) is 0 Å². The second kappa shape index (κ2) is 8.80. The maximum atomic E-state index is 12.3. The molecule has 26 heavy (non-hydrogen) atoms. The number of carbonyl (C=O) groups is 4. The van der Waals surface area contributed by atoms with Crippen molar-refractivity contribution in [3.8, 4) is 0 Å². The minimum absolute atomic E-state index is 0.408. The van der Waals surface area contributed by atoms with Gasteiger partial charge in [0, 0.05) is 20.8 Å². The summed E-state index contributed by atoms with van der Waals surface area (Å²) in [6, 6.07) is 0. The summed E-state index contributed by atoms with van der Waals surface area (Å²) in [7, 11) is 0. The van der Waals surface area contributed by atoms with Crippen LogP contribution in [0.25, 0.3) is 0 Å². The normalized spacial score (nSPS) is 25.8. The third-order valence-corrected chi connectivity index (χ3v) is 2.94. The zero-order valence-corrected chi connectivity index (χ0v) is 13.9. The summed E-state index contributed by atoms with van der Waals surface area (Å²) in [5.74, 6) is -4.79. The van der Waals surface area contributed by atoms with E-state index in [1.165, 1.54) is 5.43 Å². The van der Waals surface area contributed by atoms with Crippen LogP contribution in [0.3, 0.4) is 0 Å². The number of hydrogen-bond acceptors (Lipinski definition) is 9. The minimum Gasteiger partial charge on any atom is -0.456 e. The van der Waals surface area contributed by atoms with Crippen LogP contribution < -0.4 is 10.9 Å². The second-order valence-electron chi connectivity index (χ2n) is 5.15. The Kier molecular flexibility index (Phi) is 7.32. The molecule has 1 saturated heterocycles. The smallest absolute Gasteiger partial charge is 0.456 e. The first-order chi connectivity index (χ1) is 11.9. The number of hydrazine groups is 1. The number of carbonyl (C=O) groups excluding carboxylic acids is 4. The van der Waals surface area contributed by atoms with Crippen LogP contribution in [-0.4, -0.2) is 61.1 Å². The summed E-state index contributed by atoms with van der Waals surface area (Å²) < 4.78 is 56.7. The summed E-state index contributed by atoms with van der Waals surface area (Å²) in [5.41, 5.74) is 3.26. The first-order valence-corrected chi connectivity index (χ1v) is 7.17. The Bertz CT molecular complexity index is 568. The Morgan fingerprint density at radius 3 is 1.88 bits per heavy atom. The molecule has 0 radical (unpaired) electrons. The van der Waals surface area contributed by atoms with E-state index in [2.05, 4.69) is 0 Å². The molecule has 10 nitrogen and oxygen atoms in total. The fraction of sp³-hybridized carbons (Fsp3) is 0.692. The van der Waals surface area contributed by atoms with Crippen molar-refractivity contribution in [1.82, 2.24) is 10.9 Å². The Morgan fingerprint density at radius 1 is 0.923 bits per heavy atom. The molecule has 0 spiro atoms. The summed E-state index contributed by atoms with van der Waals surface area (Å²) in [6.45, 7) is 2.68. The topological polar surface area (TPSA) is 129 Å². The Morgan fingerprint density at radius 2 is 1.42 bits per heavy atom. The maximum absolute atomic E-state index is 12.3. The summed E-state index contributed by atoms with van der Waals surface area (Å²) in [5, 5.41) is 0. The van der Waals surface area contributed by atoms with Gasteiger partial charge in [-0.05, 0) is 0 Å². The van der Waals surface area contributed by atoms with Gasteiger partial charge >= 0.3 is 30.0 Å². The van der Waals surface area contributed by atoms with E-state index >= 15 is 0 Å². The number of rotatable bonds is 5. The summed E-state index contributed by atoms with van der Waals surface area (Å²) in [4.78, 5) is 44.6. The van der Waals surface area contributed by atoms with Gasteiger partial charge in [-0.25, -0.2) is 5.43 Å². The molecule has 2 N–H and O–H groups in total. The largest absolute Gasteiger partial charge is 0.472 e. The molecule has 1 fully saturated rings. The SMILES string of the molecule is CC(=O)O[C@H]1[C@H](OC(C)=O)[C@@H](NNC(=O)C(F)(F)F)OC[C@@H]1OC(C)=O. The molecule has 1 rings (SSSR count). The second-order valence-corrected chi connectivity index (χ2v) is 5.15. The molecule has 0 unspecified atom stereocenters. The van der Waals surface area contributed by atoms with E-state index in [9.17, 15) is 32.3 Å². The molecule has 1 aliphatic heterocycles. The lowest BCUT2D eigenvalue weighted by atomic mass is 10.0. The van der Waals surface area contributed by atoms with Gasteiger partial charge < -0.3 is 18.9 Å². The van der Waals surface area contributed by atoms with Crippen molar-refractivity contribution in [1.29, 1.82) is 0 Å². The van der Waals surface area contributed by atoms with Crippen molar-refractivity contribution < 1.29 is 51.3 Å². The molecule has 0 bridgehead atoms. The molecule has 4 atom stereocenters. The van der Waals surface area contributed by atoms with Gasteiger partial charge in [-0.1, -0.05) is 0 Å². The summed E-state index contributed by atoms with van der Waals surface area (Å²) >= 11 is 0. The zero-order valence-electron chi connectivity index (χ0n) is 13.9. The predicted molar refractivity (Wildman–Crippen MR) is 73.7 cm³/mol. The van der Waals surface area contributed by atoms with Crippen molar-refractivity contribution in [2.24, 2.45) is 0 Å². The first kappa shape index (κ1) is 21.6. The van der Waals surface area contributed by atoms with Crippen molar-refractivity contribution in [3.63, 3.8) is 0 Å². The highest BCUT2D eigenvalue weighted by Crippen LogP contribution is 2.23. The van der Waals surface area contributed by atoms with Crippen LogP contribution in [0.15, 0.2) is 0 Å². The molecule has 13 heteroatoms. The number of alkyl halides is 3. The monoisotopic (exact) mass is 386 g/mol. The van der Waals surface area contributed by atoms with Crippen molar-refractivity contribution >= 4 is 23.8 Å². The van der Waals surface area contributed by atoms with Crippen LogP contribution in [0.1, 0.15) is 20.8 Å². The first-order valence-electron chi connectivity index (χ1n) is 7.17. The van der Waals surface area contributed by atoms with E-state index in [0.717, 1.165) is 20.8 Å². The molecule has 1 amide bonds. The van der Waals surface area contributed by atoms with Crippen LogP contribution in [0.5, 0.6) is 0 Å². The maximum Gasteiger partial charge on any atom is 0.472 e. The number of amides is 1. The molecule has 148 valence electrons. The molecule has 0 aromatic rings. The highest BCUT2D eigenvalue weighted by Gasteiger charge is 2.48. The fourth-order valence-electron chi connectivity index (χ4n) is 2.07. The van der Waals surface area contributed by atoms with Gasteiger partial charge in [0.1, 0.15) is 0 Å². The van der Waals surface area contributed by atoms with E-state index < -0.39 is 61.1 Å². The van der Waals surface area contributed by atoms with Gasteiger partial charge in [-0.15, -0.1) is 0 Å². The summed E-state index contributed by atoms with van der Waals surface area (Å²) in [6.07, 6.45) is -10.8. The van der Waals surface area contributed by atoms with Crippen LogP contribution >= 0.6 is 0 Å². The number of ether oxygens (including phenoxy) is 4. The molecule has 0 aromatic carbocycles. The van der Waals surface area contributed by atoms with Gasteiger partial charge in [0.25, 0.3) is 0 Å². The molecule has 0 aromatic heterocycles. The molecule has 0 aliphatic carbocycles. The van der Waals surface area contributed by atoms with Crippen LogP contribution in [-0.2, 0) is 38.1 Å². The van der Waals surface area contributed by atoms with Crippen molar-refractivity contribution in [2.45, 2.75) is 51.5 Å². The highest BCUT2D eigenvalue weighted by atomic mass is 19.4. The number of halogens is 3. The molecule has 1 aliphatic rings. The molecular formula is C13H17F3N2O8. The van der Waals surface area contributed by atoms with E-state index in [4.69, 9.17) is 18.9 Å². The third kappa shape index (κ3) is 6.48. The number of nitrogens with one attached hydrogen (secondary N) is 2. The van der Waals surface area contributed by atoms with Gasteiger partial charge in [0.05, 0.1) is 6.61 Å².